The third kappa shape index (κ3) is 2.63. The van der Waals surface area contributed by atoms with Crippen LogP contribution in [0.5, 0.6) is 0 Å². The van der Waals surface area contributed by atoms with Crippen molar-refractivity contribution in [3.05, 3.63) is 22.4 Å². The molecular formula is C16H24N2OS. The zero-order chi connectivity index (χ0) is 14.2. The Morgan fingerprint density at radius 3 is 2.80 bits per heavy atom. The van der Waals surface area contributed by atoms with Gasteiger partial charge in [-0.3, -0.25) is 10.1 Å². The first-order valence-corrected chi connectivity index (χ1v) is 8.57. The van der Waals surface area contributed by atoms with Crippen LogP contribution >= 0.6 is 11.3 Å². The molecule has 1 aromatic heterocycles. The van der Waals surface area contributed by atoms with Crippen LogP contribution in [-0.2, 0) is 4.79 Å². The number of hydrogen-bond donors (Lipinski definition) is 1. The van der Waals surface area contributed by atoms with Gasteiger partial charge in [0.2, 0.25) is 5.91 Å². The highest BCUT2D eigenvalue weighted by molar-refractivity contribution is 7.10. The first kappa shape index (κ1) is 14.1. The van der Waals surface area contributed by atoms with Crippen molar-refractivity contribution in [1.29, 1.82) is 0 Å². The molecule has 2 fully saturated rings. The van der Waals surface area contributed by atoms with Crippen LogP contribution in [0.3, 0.4) is 0 Å². The fourth-order valence-corrected chi connectivity index (χ4v) is 4.40. The molecule has 1 N–H and O–H groups in total. The number of amides is 1. The third-order valence-corrected chi connectivity index (χ3v) is 5.72. The van der Waals surface area contributed by atoms with Crippen molar-refractivity contribution in [2.75, 3.05) is 6.54 Å². The topological polar surface area (TPSA) is 32.3 Å². The van der Waals surface area contributed by atoms with Crippen LogP contribution in [0.1, 0.15) is 57.0 Å². The van der Waals surface area contributed by atoms with Gasteiger partial charge in [-0.25, -0.2) is 0 Å². The number of nitrogens with one attached hydrogen (secondary N) is 1. The van der Waals surface area contributed by atoms with Crippen LogP contribution in [0.2, 0.25) is 0 Å². The number of hydrogen-bond acceptors (Lipinski definition) is 3. The summed E-state index contributed by atoms with van der Waals surface area (Å²) in [7, 11) is 0. The Morgan fingerprint density at radius 1 is 1.40 bits per heavy atom. The van der Waals surface area contributed by atoms with Gasteiger partial charge in [0.05, 0.1) is 6.04 Å². The van der Waals surface area contributed by atoms with Crippen LogP contribution in [0.4, 0.5) is 0 Å². The molecule has 1 saturated carbocycles. The normalized spacial score (nSPS) is 29.9. The van der Waals surface area contributed by atoms with Crippen molar-refractivity contribution in [1.82, 2.24) is 10.2 Å². The highest BCUT2D eigenvalue weighted by atomic mass is 32.1. The van der Waals surface area contributed by atoms with E-state index in [1.807, 2.05) is 6.92 Å². The number of nitrogens with zero attached hydrogens (tertiary/aromatic N) is 1. The van der Waals surface area contributed by atoms with Gasteiger partial charge in [0, 0.05) is 11.4 Å². The molecule has 20 heavy (non-hydrogen) atoms. The summed E-state index contributed by atoms with van der Waals surface area (Å²) < 4.78 is 0. The highest BCUT2D eigenvalue weighted by Crippen LogP contribution is 2.39. The fourth-order valence-electron chi connectivity index (χ4n) is 3.60. The molecule has 1 aliphatic heterocycles. The van der Waals surface area contributed by atoms with Crippen LogP contribution in [0.15, 0.2) is 17.5 Å². The summed E-state index contributed by atoms with van der Waals surface area (Å²) >= 11 is 1.73. The standard InChI is InChI=1S/C16H24N2OS/c1-12-15(19)18(11-16(2)8-4-3-5-9-16)14(17-12)13-7-6-10-20-13/h6-7,10,12,14,17H,3-5,8-9,11H2,1-2H3. The number of rotatable bonds is 3. The zero-order valence-electron chi connectivity index (χ0n) is 12.4. The van der Waals surface area contributed by atoms with E-state index in [2.05, 4.69) is 34.7 Å². The Bertz CT molecular complexity index is 465. The Balaban J connectivity index is 1.79. The van der Waals surface area contributed by atoms with Crippen LogP contribution in [0, 0.1) is 5.41 Å². The Morgan fingerprint density at radius 2 is 2.15 bits per heavy atom. The minimum absolute atomic E-state index is 0.0608. The first-order valence-electron chi connectivity index (χ1n) is 7.69. The Hall–Kier alpha value is -0.870. The van der Waals surface area contributed by atoms with E-state index in [9.17, 15) is 4.79 Å². The molecule has 3 nitrogen and oxygen atoms in total. The van der Waals surface area contributed by atoms with E-state index in [-0.39, 0.29) is 18.1 Å². The predicted octanol–water partition coefficient (Wildman–Crippen LogP) is 3.54. The van der Waals surface area contributed by atoms with Gasteiger partial charge in [-0.2, -0.15) is 0 Å². The fraction of sp³-hybridized carbons (Fsp3) is 0.688. The smallest absolute Gasteiger partial charge is 0.241 e. The predicted molar refractivity (Wildman–Crippen MR) is 82.6 cm³/mol. The number of carbonyl (C=O) groups excluding carboxylic acids is 1. The molecule has 0 spiro atoms. The third-order valence-electron chi connectivity index (χ3n) is 4.80. The Labute approximate surface area is 125 Å². The molecule has 1 saturated heterocycles. The Kier molecular flexibility index (Phi) is 3.87. The maximum atomic E-state index is 12.5. The molecule has 1 amide bonds. The molecule has 2 atom stereocenters. The van der Waals surface area contributed by atoms with Crippen LogP contribution in [-0.4, -0.2) is 23.4 Å². The van der Waals surface area contributed by atoms with Gasteiger partial charge in [0.15, 0.2) is 0 Å². The minimum Gasteiger partial charge on any atom is -0.320 e. The van der Waals surface area contributed by atoms with E-state index in [1.54, 1.807) is 11.3 Å². The van der Waals surface area contributed by atoms with Crippen molar-refractivity contribution >= 4 is 17.2 Å². The summed E-state index contributed by atoms with van der Waals surface area (Å²) in [4.78, 5) is 15.8. The summed E-state index contributed by atoms with van der Waals surface area (Å²) in [5.74, 6) is 0.259. The lowest BCUT2D eigenvalue weighted by Gasteiger charge is -2.38. The lowest BCUT2D eigenvalue weighted by atomic mass is 9.75. The van der Waals surface area contributed by atoms with Gasteiger partial charge in [0.1, 0.15) is 6.17 Å². The first-order chi connectivity index (χ1) is 9.59. The maximum Gasteiger partial charge on any atom is 0.241 e. The molecular weight excluding hydrogens is 268 g/mol. The molecule has 2 aliphatic rings. The molecule has 0 aromatic carbocycles. The van der Waals surface area contributed by atoms with Crippen molar-refractivity contribution < 1.29 is 4.79 Å². The van der Waals surface area contributed by atoms with Crippen molar-refractivity contribution in [2.24, 2.45) is 5.41 Å². The maximum absolute atomic E-state index is 12.5. The van der Waals surface area contributed by atoms with Crippen molar-refractivity contribution in [3.63, 3.8) is 0 Å². The van der Waals surface area contributed by atoms with Crippen molar-refractivity contribution in [3.8, 4) is 0 Å². The quantitative estimate of drug-likeness (QED) is 0.924. The molecule has 2 heterocycles. The number of thiophene rings is 1. The minimum atomic E-state index is -0.0608. The molecule has 0 bridgehead atoms. The van der Waals surface area contributed by atoms with Gasteiger partial charge < -0.3 is 4.90 Å². The summed E-state index contributed by atoms with van der Waals surface area (Å²) in [6.45, 7) is 5.23. The molecule has 1 aliphatic carbocycles. The second kappa shape index (κ2) is 5.49. The van der Waals surface area contributed by atoms with E-state index >= 15 is 0 Å². The lowest BCUT2D eigenvalue weighted by Crippen LogP contribution is -2.40. The molecule has 1 aromatic rings. The summed E-state index contributed by atoms with van der Waals surface area (Å²) in [5.41, 5.74) is 0.301. The van der Waals surface area contributed by atoms with E-state index in [0.29, 0.717) is 5.41 Å². The summed E-state index contributed by atoms with van der Waals surface area (Å²) in [6, 6.07) is 4.13. The molecule has 4 heteroatoms. The van der Waals surface area contributed by atoms with Crippen molar-refractivity contribution in [2.45, 2.75) is 58.2 Å². The highest BCUT2D eigenvalue weighted by Gasteiger charge is 2.41. The van der Waals surface area contributed by atoms with Crippen LogP contribution < -0.4 is 5.32 Å². The van der Waals surface area contributed by atoms with Crippen LogP contribution in [0.25, 0.3) is 0 Å². The van der Waals surface area contributed by atoms with E-state index in [0.717, 1.165) is 6.54 Å². The van der Waals surface area contributed by atoms with Gasteiger partial charge in [-0.15, -0.1) is 11.3 Å². The largest absolute Gasteiger partial charge is 0.320 e. The molecule has 3 rings (SSSR count). The summed E-state index contributed by atoms with van der Waals surface area (Å²) in [6.07, 6.45) is 6.56. The summed E-state index contributed by atoms with van der Waals surface area (Å²) in [5, 5.41) is 5.54. The SMILES string of the molecule is CC1NC(c2cccs2)N(CC2(C)CCCCC2)C1=O. The van der Waals surface area contributed by atoms with E-state index in [1.165, 1.54) is 37.0 Å². The molecule has 110 valence electrons. The average molecular weight is 292 g/mol. The van der Waals surface area contributed by atoms with E-state index < -0.39 is 0 Å². The monoisotopic (exact) mass is 292 g/mol. The molecule has 0 radical (unpaired) electrons. The van der Waals surface area contributed by atoms with E-state index in [4.69, 9.17) is 0 Å². The number of carbonyl (C=O) groups is 1. The second-order valence-corrected chi connectivity index (χ2v) is 7.62. The molecule has 2 unspecified atom stereocenters. The average Bonchev–Trinajstić information content (AvgIpc) is 3.03. The van der Waals surface area contributed by atoms with Gasteiger partial charge >= 0.3 is 0 Å². The lowest BCUT2D eigenvalue weighted by molar-refractivity contribution is -0.131. The zero-order valence-corrected chi connectivity index (χ0v) is 13.2. The second-order valence-electron chi connectivity index (χ2n) is 6.64. The van der Waals surface area contributed by atoms with Gasteiger partial charge in [0.25, 0.3) is 0 Å². The van der Waals surface area contributed by atoms with Gasteiger partial charge in [-0.1, -0.05) is 32.3 Å². The van der Waals surface area contributed by atoms with Gasteiger partial charge in [-0.05, 0) is 36.6 Å².